The van der Waals surface area contributed by atoms with Crippen molar-refractivity contribution in [2.45, 2.75) is 0 Å². The molecule has 0 bridgehead atoms. The van der Waals surface area contributed by atoms with E-state index < -0.39 is 0 Å². The maximum Gasteiger partial charge on any atom is 0.101 e. The van der Waals surface area contributed by atoms with Gasteiger partial charge in [0.25, 0.3) is 0 Å². The summed E-state index contributed by atoms with van der Waals surface area (Å²) < 4.78 is 0.746. The first-order valence-corrected chi connectivity index (χ1v) is 6.47. The molecule has 1 N–H and O–H groups in total. The summed E-state index contributed by atoms with van der Waals surface area (Å²) in [4.78, 5) is 0. The van der Waals surface area contributed by atoms with E-state index in [1.54, 1.807) is 36.4 Å². The lowest BCUT2D eigenvalue weighted by Gasteiger charge is -2.10. The number of hydrogen-bond acceptors (Lipinski definition) is 3. The van der Waals surface area contributed by atoms with Crippen molar-refractivity contribution in [3.63, 3.8) is 0 Å². The first-order valence-electron chi connectivity index (χ1n) is 5.30. The minimum absolute atomic E-state index is 0.501. The van der Waals surface area contributed by atoms with Crippen molar-refractivity contribution in [3.05, 3.63) is 57.0 Å². The van der Waals surface area contributed by atoms with Gasteiger partial charge in [-0.05, 0) is 52.3 Å². The van der Waals surface area contributed by atoms with Crippen LogP contribution in [0, 0.1) is 22.7 Å². The van der Waals surface area contributed by atoms with E-state index in [9.17, 15) is 0 Å². The smallest absolute Gasteiger partial charge is 0.101 e. The Morgan fingerprint density at radius 3 is 2.42 bits per heavy atom. The molecule has 0 saturated carbocycles. The molecule has 0 aliphatic rings. The van der Waals surface area contributed by atoms with Crippen LogP contribution in [0.25, 0.3) is 0 Å². The third kappa shape index (κ3) is 3.06. The Hall–Kier alpha value is -2.01. The fraction of sp³-hybridized carbons (Fsp3) is 0. The highest BCUT2D eigenvalue weighted by atomic mass is 79.9. The average molecular weight is 333 g/mol. The topological polar surface area (TPSA) is 59.6 Å². The molecule has 0 saturated heterocycles. The van der Waals surface area contributed by atoms with Gasteiger partial charge in [-0.25, -0.2) is 0 Å². The summed E-state index contributed by atoms with van der Waals surface area (Å²) in [6.07, 6.45) is 0. The lowest BCUT2D eigenvalue weighted by atomic mass is 10.1. The van der Waals surface area contributed by atoms with Crippen molar-refractivity contribution in [3.8, 4) is 12.1 Å². The highest BCUT2D eigenvalue weighted by Crippen LogP contribution is 2.29. The predicted molar refractivity (Wildman–Crippen MR) is 78.3 cm³/mol. The third-order valence-electron chi connectivity index (χ3n) is 2.47. The van der Waals surface area contributed by atoms with Crippen LogP contribution in [-0.2, 0) is 0 Å². The molecule has 3 nitrogen and oxygen atoms in total. The number of rotatable bonds is 2. The van der Waals surface area contributed by atoms with Crippen LogP contribution in [0.15, 0.2) is 40.9 Å². The molecule has 0 aliphatic carbocycles. The van der Waals surface area contributed by atoms with E-state index in [4.69, 9.17) is 22.1 Å². The molecule has 0 fully saturated rings. The van der Waals surface area contributed by atoms with Crippen LogP contribution >= 0.6 is 27.5 Å². The van der Waals surface area contributed by atoms with Crippen LogP contribution < -0.4 is 5.32 Å². The summed E-state index contributed by atoms with van der Waals surface area (Å²) >= 11 is 9.30. The molecule has 2 aromatic rings. The summed E-state index contributed by atoms with van der Waals surface area (Å²) in [6.45, 7) is 0. The van der Waals surface area contributed by atoms with E-state index in [2.05, 4.69) is 33.4 Å². The van der Waals surface area contributed by atoms with E-state index in [1.165, 1.54) is 0 Å². The lowest BCUT2D eigenvalue weighted by Crippen LogP contribution is -1.95. The van der Waals surface area contributed by atoms with E-state index in [1.807, 2.05) is 0 Å². The fourth-order valence-electron chi connectivity index (χ4n) is 1.55. The van der Waals surface area contributed by atoms with Gasteiger partial charge in [-0.3, -0.25) is 0 Å². The molecule has 0 amide bonds. The molecule has 0 spiro atoms. The Balaban J connectivity index is 2.40. The van der Waals surface area contributed by atoms with E-state index in [-0.39, 0.29) is 0 Å². The van der Waals surface area contributed by atoms with Gasteiger partial charge in [-0.15, -0.1) is 0 Å². The minimum atomic E-state index is 0.501. The summed E-state index contributed by atoms with van der Waals surface area (Å²) in [5.74, 6) is 0. The molecule has 19 heavy (non-hydrogen) atoms. The Labute approximate surface area is 124 Å². The van der Waals surface area contributed by atoms with E-state index >= 15 is 0 Å². The van der Waals surface area contributed by atoms with E-state index in [0.717, 1.165) is 10.2 Å². The van der Waals surface area contributed by atoms with Crippen molar-refractivity contribution in [1.82, 2.24) is 0 Å². The van der Waals surface area contributed by atoms with Crippen molar-refractivity contribution in [2.24, 2.45) is 0 Å². The molecular weight excluding hydrogens is 326 g/mol. The van der Waals surface area contributed by atoms with Crippen LogP contribution in [-0.4, -0.2) is 0 Å². The van der Waals surface area contributed by atoms with Gasteiger partial charge in [0.1, 0.15) is 6.07 Å². The Morgan fingerprint density at radius 2 is 1.79 bits per heavy atom. The Morgan fingerprint density at radius 1 is 1.00 bits per heavy atom. The predicted octanol–water partition coefficient (Wildman–Crippen LogP) is 4.59. The normalized spacial score (nSPS) is 9.47. The molecule has 92 valence electrons. The maximum atomic E-state index is 9.05. The number of anilines is 2. The Bertz CT molecular complexity index is 714. The minimum Gasteiger partial charge on any atom is -0.353 e. The van der Waals surface area contributed by atoms with E-state index in [0.29, 0.717) is 21.8 Å². The van der Waals surface area contributed by atoms with Gasteiger partial charge in [0.15, 0.2) is 0 Å². The summed E-state index contributed by atoms with van der Waals surface area (Å²) in [5.41, 5.74) is 2.45. The average Bonchev–Trinajstić information content (AvgIpc) is 2.41. The summed E-state index contributed by atoms with van der Waals surface area (Å²) in [5, 5.41) is 21.5. The molecule has 0 radical (unpaired) electrons. The second-order valence-electron chi connectivity index (χ2n) is 3.73. The maximum absolute atomic E-state index is 9.05. The summed E-state index contributed by atoms with van der Waals surface area (Å²) in [7, 11) is 0. The summed E-state index contributed by atoms with van der Waals surface area (Å²) in [6, 6.07) is 14.3. The largest absolute Gasteiger partial charge is 0.353 e. The number of nitriles is 2. The van der Waals surface area contributed by atoms with Gasteiger partial charge in [-0.2, -0.15) is 10.5 Å². The van der Waals surface area contributed by atoms with Gasteiger partial charge >= 0.3 is 0 Å². The molecular formula is C14H7BrClN3. The third-order valence-corrected chi connectivity index (χ3v) is 3.36. The monoisotopic (exact) mass is 331 g/mol. The highest BCUT2D eigenvalue weighted by Gasteiger charge is 2.06. The molecule has 2 rings (SSSR count). The molecule has 0 aromatic heterocycles. The van der Waals surface area contributed by atoms with Gasteiger partial charge in [0.05, 0.1) is 28.6 Å². The fourth-order valence-corrected chi connectivity index (χ4v) is 2.20. The van der Waals surface area contributed by atoms with Crippen molar-refractivity contribution >= 4 is 38.9 Å². The molecule has 2 aromatic carbocycles. The van der Waals surface area contributed by atoms with Gasteiger partial charge in [0, 0.05) is 9.50 Å². The SMILES string of the molecule is N#Cc1ccc(Nc2cc(Cl)ccc2C#N)c(Br)c1. The van der Waals surface area contributed by atoms with Gasteiger partial charge < -0.3 is 5.32 Å². The highest BCUT2D eigenvalue weighted by molar-refractivity contribution is 9.10. The zero-order valence-electron chi connectivity index (χ0n) is 9.61. The van der Waals surface area contributed by atoms with Crippen LogP contribution in [0.5, 0.6) is 0 Å². The second kappa shape index (κ2) is 5.75. The molecule has 5 heteroatoms. The van der Waals surface area contributed by atoms with Crippen molar-refractivity contribution in [1.29, 1.82) is 10.5 Å². The number of benzene rings is 2. The van der Waals surface area contributed by atoms with Gasteiger partial charge in [0.2, 0.25) is 0 Å². The quantitative estimate of drug-likeness (QED) is 0.875. The Kier molecular flexibility index (Phi) is 4.06. The van der Waals surface area contributed by atoms with Crippen molar-refractivity contribution in [2.75, 3.05) is 5.32 Å². The first kappa shape index (κ1) is 13.4. The van der Waals surface area contributed by atoms with Crippen molar-refractivity contribution < 1.29 is 0 Å². The van der Waals surface area contributed by atoms with Crippen LogP contribution in [0.3, 0.4) is 0 Å². The second-order valence-corrected chi connectivity index (χ2v) is 5.02. The standard InChI is InChI=1S/C14H7BrClN3/c15-12-5-9(7-17)1-4-13(12)19-14-6-11(16)3-2-10(14)8-18/h1-6,19H. The molecule has 0 heterocycles. The zero-order valence-corrected chi connectivity index (χ0v) is 12.0. The van der Waals surface area contributed by atoms with Crippen LogP contribution in [0.1, 0.15) is 11.1 Å². The lowest BCUT2D eigenvalue weighted by molar-refractivity contribution is 1.44. The van der Waals surface area contributed by atoms with Crippen LogP contribution in [0.2, 0.25) is 5.02 Å². The number of halogens is 2. The first-order chi connectivity index (χ1) is 9.13. The number of nitrogens with one attached hydrogen (secondary N) is 1. The van der Waals surface area contributed by atoms with Gasteiger partial charge in [-0.1, -0.05) is 11.6 Å². The number of nitrogens with zero attached hydrogens (tertiary/aromatic N) is 2. The molecule has 0 aliphatic heterocycles. The van der Waals surface area contributed by atoms with Crippen LogP contribution in [0.4, 0.5) is 11.4 Å². The number of hydrogen-bond donors (Lipinski definition) is 1. The molecule has 0 unspecified atom stereocenters. The zero-order chi connectivity index (χ0) is 13.8. The molecule has 0 atom stereocenters.